The molecule has 0 radical (unpaired) electrons. The van der Waals surface area contributed by atoms with Crippen molar-refractivity contribution in [2.45, 2.75) is 13.5 Å². The van der Waals surface area contributed by atoms with Crippen molar-refractivity contribution in [3.05, 3.63) is 87.6 Å². The van der Waals surface area contributed by atoms with Crippen LogP contribution in [0.2, 0.25) is 5.02 Å². The van der Waals surface area contributed by atoms with E-state index in [1.54, 1.807) is 33.9 Å². The molecule has 0 amide bonds. The van der Waals surface area contributed by atoms with Crippen molar-refractivity contribution in [1.29, 1.82) is 0 Å². The molecule has 0 N–H and O–H groups in total. The summed E-state index contributed by atoms with van der Waals surface area (Å²) in [7, 11) is 0. The van der Waals surface area contributed by atoms with Gasteiger partial charge in [-0.1, -0.05) is 35.9 Å². The minimum atomic E-state index is -0.103. The average molecular weight is 351 g/mol. The molecule has 0 aliphatic rings. The smallest absolute Gasteiger partial charge is 0.264 e. The van der Waals surface area contributed by atoms with E-state index in [-0.39, 0.29) is 5.56 Å². The van der Waals surface area contributed by atoms with Gasteiger partial charge in [0.2, 0.25) is 0 Å². The zero-order valence-corrected chi connectivity index (χ0v) is 14.3. The van der Waals surface area contributed by atoms with Crippen LogP contribution in [0.3, 0.4) is 0 Å². The molecule has 2 heterocycles. The average Bonchev–Trinajstić information content (AvgIpc) is 3.05. The van der Waals surface area contributed by atoms with Gasteiger partial charge in [0, 0.05) is 5.02 Å². The van der Waals surface area contributed by atoms with Gasteiger partial charge in [0.15, 0.2) is 5.65 Å². The summed E-state index contributed by atoms with van der Waals surface area (Å²) in [6.07, 6.45) is 3.14. The molecule has 2 aromatic carbocycles. The highest BCUT2D eigenvalue weighted by atomic mass is 35.5. The molecule has 5 nitrogen and oxygen atoms in total. The van der Waals surface area contributed by atoms with Gasteiger partial charge in [-0.25, -0.2) is 9.67 Å². The van der Waals surface area contributed by atoms with Gasteiger partial charge in [-0.15, -0.1) is 0 Å². The molecule has 124 valence electrons. The summed E-state index contributed by atoms with van der Waals surface area (Å²) in [5, 5.41) is 5.46. The second kappa shape index (κ2) is 6.18. The lowest BCUT2D eigenvalue weighted by Crippen LogP contribution is -2.21. The number of fused-ring (bicyclic) bond motifs is 1. The number of aryl methyl sites for hydroxylation is 1. The molecule has 6 heteroatoms. The zero-order chi connectivity index (χ0) is 17.4. The summed E-state index contributed by atoms with van der Waals surface area (Å²) in [6, 6.07) is 15.3. The van der Waals surface area contributed by atoms with E-state index in [1.165, 1.54) is 0 Å². The van der Waals surface area contributed by atoms with Crippen molar-refractivity contribution in [3.8, 4) is 5.69 Å². The molecule has 0 fully saturated rings. The van der Waals surface area contributed by atoms with Gasteiger partial charge in [-0.05, 0) is 42.3 Å². The summed E-state index contributed by atoms with van der Waals surface area (Å²) in [5.41, 5.74) is 3.48. The van der Waals surface area contributed by atoms with Crippen molar-refractivity contribution in [1.82, 2.24) is 19.3 Å². The van der Waals surface area contributed by atoms with Gasteiger partial charge >= 0.3 is 0 Å². The Bertz CT molecular complexity index is 1110. The first-order valence-corrected chi connectivity index (χ1v) is 8.25. The first-order valence-electron chi connectivity index (χ1n) is 7.87. The first kappa shape index (κ1) is 15.6. The topological polar surface area (TPSA) is 52.7 Å². The molecular formula is C19H15ClN4O. The third kappa shape index (κ3) is 2.83. The predicted octanol–water partition coefficient (Wildman–Crippen LogP) is 3.59. The molecule has 25 heavy (non-hydrogen) atoms. The Hall–Kier alpha value is -2.92. The number of hydrogen-bond donors (Lipinski definition) is 0. The maximum absolute atomic E-state index is 12.8. The predicted molar refractivity (Wildman–Crippen MR) is 98.4 cm³/mol. The van der Waals surface area contributed by atoms with Crippen LogP contribution >= 0.6 is 11.6 Å². The number of hydrogen-bond acceptors (Lipinski definition) is 3. The molecule has 4 aromatic rings. The van der Waals surface area contributed by atoms with E-state index in [0.717, 1.165) is 16.8 Å². The largest absolute Gasteiger partial charge is 0.294 e. The molecule has 0 bridgehead atoms. The normalized spacial score (nSPS) is 11.1. The lowest BCUT2D eigenvalue weighted by molar-refractivity contribution is 0.742. The van der Waals surface area contributed by atoms with E-state index in [1.807, 2.05) is 43.3 Å². The van der Waals surface area contributed by atoms with Crippen LogP contribution in [-0.4, -0.2) is 19.3 Å². The molecular weight excluding hydrogens is 336 g/mol. The minimum absolute atomic E-state index is 0.103. The van der Waals surface area contributed by atoms with Crippen molar-refractivity contribution in [3.63, 3.8) is 0 Å². The van der Waals surface area contributed by atoms with Crippen LogP contribution in [0.4, 0.5) is 0 Å². The van der Waals surface area contributed by atoms with E-state index in [4.69, 9.17) is 11.6 Å². The first-order chi connectivity index (χ1) is 12.1. The van der Waals surface area contributed by atoms with E-state index < -0.39 is 0 Å². The molecule has 4 rings (SSSR count). The minimum Gasteiger partial charge on any atom is -0.294 e. The van der Waals surface area contributed by atoms with Crippen LogP contribution < -0.4 is 5.56 Å². The second-order valence-electron chi connectivity index (χ2n) is 5.87. The zero-order valence-electron chi connectivity index (χ0n) is 13.6. The molecule has 0 aliphatic heterocycles. The third-order valence-electron chi connectivity index (χ3n) is 4.23. The summed E-state index contributed by atoms with van der Waals surface area (Å²) in [6.45, 7) is 2.52. The van der Waals surface area contributed by atoms with Crippen LogP contribution in [0.15, 0.2) is 65.8 Å². The summed E-state index contributed by atoms with van der Waals surface area (Å²) in [5.74, 6) is 0. The Morgan fingerprint density at radius 2 is 1.84 bits per heavy atom. The maximum Gasteiger partial charge on any atom is 0.264 e. The van der Waals surface area contributed by atoms with Crippen LogP contribution in [0.25, 0.3) is 16.7 Å². The van der Waals surface area contributed by atoms with Crippen LogP contribution in [0.1, 0.15) is 11.1 Å². The van der Waals surface area contributed by atoms with E-state index in [0.29, 0.717) is 22.6 Å². The van der Waals surface area contributed by atoms with Gasteiger partial charge in [0.05, 0.1) is 18.4 Å². The van der Waals surface area contributed by atoms with Crippen molar-refractivity contribution in [2.75, 3.05) is 0 Å². The maximum atomic E-state index is 12.8. The van der Waals surface area contributed by atoms with Crippen LogP contribution in [0.5, 0.6) is 0 Å². The summed E-state index contributed by atoms with van der Waals surface area (Å²) >= 11 is 5.93. The quantitative estimate of drug-likeness (QED) is 0.567. The lowest BCUT2D eigenvalue weighted by atomic mass is 10.1. The highest BCUT2D eigenvalue weighted by Gasteiger charge is 2.12. The highest BCUT2D eigenvalue weighted by molar-refractivity contribution is 6.30. The fourth-order valence-electron chi connectivity index (χ4n) is 2.80. The number of nitrogens with zero attached hydrogens (tertiary/aromatic N) is 4. The standard InChI is InChI=1S/C19H15ClN4O/c1-13-4-2-3-5-14(13)11-23-12-21-18-17(19(23)25)10-22-24(18)16-8-6-15(20)7-9-16/h2-10,12H,11H2,1H3. The van der Waals surface area contributed by atoms with Crippen molar-refractivity contribution >= 4 is 22.6 Å². The second-order valence-corrected chi connectivity index (χ2v) is 6.31. The van der Waals surface area contributed by atoms with Gasteiger partial charge in [-0.3, -0.25) is 9.36 Å². The fourth-order valence-corrected chi connectivity index (χ4v) is 2.93. The number of halogens is 1. The molecule has 0 saturated heterocycles. The van der Waals surface area contributed by atoms with Gasteiger partial charge in [-0.2, -0.15) is 5.10 Å². The van der Waals surface area contributed by atoms with E-state index in [2.05, 4.69) is 10.1 Å². The Kier molecular flexibility index (Phi) is 3.86. The summed E-state index contributed by atoms with van der Waals surface area (Å²) in [4.78, 5) is 17.2. The number of rotatable bonds is 3. The van der Waals surface area contributed by atoms with E-state index >= 15 is 0 Å². The molecule has 0 unspecified atom stereocenters. The van der Waals surface area contributed by atoms with Crippen LogP contribution in [0, 0.1) is 6.92 Å². The summed E-state index contributed by atoms with van der Waals surface area (Å²) < 4.78 is 3.25. The SMILES string of the molecule is Cc1ccccc1Cn1cnc2c(cnn2-c2ccc(Cl)cc2)c1=O. The Labute approximate surface area is 149 Å². The monoisotopic (exact) mass is 350 g/mol. The van der Waals surface area contributed by atoms with Gasteiger partial charge in [0.25, 0.3) is 5.56 Å². The Balaban J connectivity index is 1.78. The van der Waals surface area contributed by atoms with Crippen molar-refractivity contribution in [2.24, 2.45) is 0 Å². The Morgan fingerprint density at radius 1 is 1.08 bits per heavy atom. The van der Waals surface area contributed by atoms with Crippen molar-refractivity contribution < 1.29 is 0 Å². The Morgan fingerprint density at radius 3 is 2.60 bits per heavy atom. The molecule has 0 aliphatic carbocycles. The molecule has 2 aromatic heterocycles. The van der Waals surface area contributed by atoms with Gasteiger partial charge in [0.1, 0.15) is 11.7 Å². The third-order valence-corrected chi connectivity index (χ3v) is 4.48. The van der Waals surface area contributed by atoms with Gasteiger partial charge < -0.3 is 0 Å². The fraction of sp³-hybridized carbons (Fsp3) is 0.105. The van der Waals surface area contributed by atoms with E-state index in [9.17, 15) is 4.79 Å². The highest BCUT2D eigenvalue weighted by Crippen LogP contribution is 2.17. The molecule has 0 atom stereocenters. The molecule has 0 saturated carbocycles. The van der Waals surface area contributed by atoms with Crippen LogP contribution in [-0.2, 0) is 6.54 Å². The lowest BCUT2D eigenvalue weighted by Gasteiger charge is -2.08. The molecule has 0 spiro atoms. The number of benzene rings is 2. The number of aromatic nitrogens is 4.